The van der Waals surface area contributed by atoms with Crippen LogP contribution in [0.4, 0.5) is 28.4 Å². The van der Waals surface area contributed by atoms with Crippen molar-refractivity contribution in [3.63, 3.8) is 0 Å². The molecule has 3 aliphatic rings. The summed E-state index contributed by atoms with van der Waals surface area (Å²) in [4.78, 5) is 5.19. The zero-order valence-corrected chi connectivity index (χ0v) is 31.2. The van der Waals surface area contributed by atoms with E-state index in [1.54, 1.807) is 0 Å². The van der Waals surface area contributed by atoms with Gasteiger partial charge in [0, 0.05) is 55.7 Å². The van der Waals surface area contributed by atoms with Crippen molar-refractivity contribution in [3.8, 4) is 5.69 Å². The minimum absolute atomic E-state index is 0.0748. The lowest BCUT2D eigenvalue weighted by Gasteiger charge is -2.47. The van der Waals surface area contributed by atoms with Gasteiger partial charge in [0.15, 0.2) is 0 Å². The Morgan fingerprint density at radius 2 is 1.10 bits per heavy atom. The number of nitrogens with zero attached hydrogens (tertiary/aromatic N) is 3. The van der Waals surface area contributed by atoms with Crippen LogP contribution in [-0.2, 0) is 5.41 Å². The molecule has 0 saturated carbocycles. The summed E-state index contributed by atoms with van der Waals surface area (Å²) in [6.45, 7) is 21.1. The molecule has 0 aliphatic carbocycles. The van der Waals surface area contributed by atoms with Crippen LogP contribution in [0, 0.1) is 34.6 Å². The second-order valence-electron chi connectivity index (χ2n) is 16.7. The van der Waals surface area contributed by atoms with Crippen LogP contribution in [0.15, 0.2) is 103 Å². The van der Waals surface area contributed by atoms with Gasteiger partial charge in [-0.15, -0.1) is 0 Å². The molecule has 10 rings (SSSR count). The lowest BCUT2D eigenvalue weighted by Crippen LogP contribution is -2.63. The number of aryl methyl sites for hydroxylation is 5. The van der Waals surface area contributed by atoms with Gasteiger partial charge in [0.2, 0.25) is 0 Å². The Morgan fingerprint density at radius 1 is 0.529 bits per heavy atom. The molecule has 0 fully saturated rings. The van der Waals surface area contributed by atoms with E-state index in [-0.39, 0.29) is 17.7 Å². The Morgan fingerprint density at radius 3 is 1.76 bits per heavy atom. The van der Waals surface area contributed by atoms with Gasteiger partial charge < -0.3 is 14.4 Å². The molecule has 250 valence electrons. The second kappa shape index (κ2) is 9.97. The van der Waals surface area contributed by atoms with E-state index in [4.69, 9.17) is 0 Å². The van der Waals surface area contributed by atoms with E-state index in [0.29, 0.717) is 0 Å². The molecule has 51 heavy (non-hydrogen) atoms. The predicted molar refractivity (Wildman–Crippen MR) is 219 cm³/mol. The lowest BCUT2D eigenvalue weighted by atomic mass is 9.33. The van der Waals surface area contributed by atoms with E-state index in [1.807, 2.05) is 0 Å². The Bertz CT molecular complexity index is 2590. The van der Waals surface area contributed by atoms with Gasteiger partial charge in [-0.1, -0.05) is 90.2 Å². The quantitative estimate of drug-likeness (QED) is 0.175. The first kappa shape index (κ1) is 30.6. The largest absolute Gasteiger partial charge is 0.335 e. The maximum Gasteiger partial charge on any atom is 0.252 e. The van der Waals surface area contributed by atoms with Gasteiger partial charge in [-0.05, 0) is 125 Å². The molecule has 0 unspecified atom stereocenters. The normalized spacial score (nSPS) is 15.8. The summed E-state index contributed by atoms with van der Waals surface area (Å²) in [6.07, 6.45) is 0. The Labute approximate surface area is 302 Å². The first-order chi connectivity index (χ1) is 24.3. The van der Waals surface area contributed by atoms with Gasteiger partial charge in [0.25, 0.3) is 6.71 Å². The molecule has 0 N–H and O–H groups in total. The second-order valence-corrected chi connectivity index (χ2v) is 16.7. The van der Waals surface area contributed by atoms with Crippen LogP contribution in [0.25, 0.3) is 27.5 Å². The van der Waals surface area contributed by atoms with Gasteiger partial charge in [-0.25, -0.2) is 0 Å². The van der Waals surface area contributed by atoms with Gasteiger partial charge in [0.05, 0.1) is 11.2 Å². The van der Waals surface area contributed by atoms with Gasteiger partial charge >= 0.3 is 0 Å². The molecule has 7 aromatic rings. The number of hydrogen-bond donors (Lipinski definition) is 0. The van der Waals surface area contributed by atoms with Crippen LogP contribution >= 0.6 is 0 Å². The van der Waals surface area contributed by atoms with Crippen LogP contribution in [0.1, 0.15) is 61.1 Å². The van der Waals surface area contributed by atoms with Gasteiger partial charge in [-0.3, -0.25) is 0 Å². The fourth-order valence-corrected chi connectivity index (χ4v) is 9.69. The van der Waals surface area contributed by atoms with Crippen molar-refractivity contribution >= 4 is 73.3 Å². The minimum Gasteiger partial charge on any atom is -0.335 e. The lowest BCUT2D eigenvalue weighted by molar-refractivity contribution is 0.330. The SMILES string of the molecule is Cc1ccc(N(c2ccc(C)cc2)c2cc3c4c(c2)-n2c5ccc(C)cc5c5cc(C)cc(c52)B4c2cc(C)cc4c2N3C(C)(C)C4(C)C)cc1. The number of rotatable bonds is 3. The van der Waals surface area contributed by atoms with E-state index in [2.05, 4.69) is 180 Å². The highest BCUT2D eigenvalue weighted by Gasteiger charge is 2.56. The summed E-state index contributed by atoms with van der Waals surface area (Å²) < 4.78 is 2.61. The van der Waals surface area contributed by atoms with Crippen LogP contribution in [0.3, 0.4) is 0 Å². The van der Waals surface area contributed by atoms with Crippen LogP contribution < -0.4 is 26.2 Å². The third-order valence-electron chi connectivity index (χ3n) is 12.8. The van der Waals surface area contributed by atoms with Crippen molar-refractivity contribution in [2.75, 3.05) is 9.80 Å². The minimum atomic E-state index is -0.175. The summed E-state index contributed by atoms with van der Waals surface area (Å²) in [5.74, 6) is 0. The molecule has 4 heteroatoms. The molecular weight excluding hydrogens is 617 g/mol. The molecule has 0 spiro atoms. The van der Waals surface area contributed by atoms with Crippen LogP contribution in [0.2, 0.25) is 0 Å². The number of aromatic nitrogens is 1. The van der Waals surface area contributed by atoms with Crippen molar-refractivity contribution in [2.24, 2.45) is 0 Å². The Hall–Kier alpha value is -5.22. The fraction of sp³-hybridized carbons (Fsp3) is 0.234. The average Bonchev–Trinajstić information content (AvgIpc) is 3.48. The smallest absolute Gasteiger partial charge is 0.252 e. The van der Waals surface area contributed by atoms with Gasteiger partial charge in [-0.2, -0.15) is 0 Å². The summed E-state index contributed by atoms with van der Waals surface area (Å²) in [5.41, 5.74) is 22.1. The summed E-state index contributed by atoms with van der Waals surface area (Å²) in [6, 6.07) is 39.9. The van der Waals surface area contributed by atoms with E-state index in [1.165, 1.54) is 94.3 Å². The molecule has 0 amide bonds. The molecule has 0 radical (unpaired) electrons. The topological polar surface area (TPSA) is 11.4 Å². The summed E-state index contributed by atoms with van der Waals surface area (Å²) in [5, 5.41) is 2.68. The van der Waals surface area contributed by atoms with Crippen molar-refractivity contribution in [1.29, 1.82) is 0 Å². The summed E-state index contributed by atoms with van der Waals surface area (Å²) >= 11 is 0. The molecule has 3 aliphatic heterocycles. The highest BCUT2D eigenvalue weighted by Crippen LogP contribution is 2.56. The first-order valence-corrected chi connectivity index (χ1v) is 18.5. The molecule has 0 bridgehead atoms. The number of hydrogen-bond acceptors (Lipinski definition) is 2. The molecule has 4 heterocycles. The van der Waals surface area contributed by atoms with Crippen molar-refractivity contribution < 1.29 is 0 Å². The van der Waals surface area contributed by atoms with E-state index in [0.717, 1.165) is 11.4 Å². The third kappa shape index (κ3) is 3.91. The highest BCUT2D eigenvalue weighted by molar-refractivity contribution is 7.00. The predicted octanol–water partition coefficient (Wildman–Crippen LogP) is 10.1. The molecule has 3 nitrogen and oxygen atoms in total. The molecule has 6 aromatic carbocycles. The van der Waals surface area contributed by atoms with Crippen molar-refractivity contribution in [1.82, 2.24) is 4.57 Å². The summed E-state index contributed by atoms with van der Waals surface area (Å²) in [7, 11) is 0. The van der Waals surface area contributed by atoms with Crippen LogP contribution in [-0.4, -0.2) is 16.8 Å². The molecule has 1 aromatic heterocycles. The molecule has 0 atom stereocenters. The third-order valence-corrected chi connectivity index (χ3v) is 12.8. The number of anilines is 5. The van der Waals surface area contributed by atoms with Crippen molar-refractivity contribution in [2.45, 2.75) is 73.3 Å². The number of benzene rings is 6. The van der Waals surface area contributed by atoms with E-state index >= 15 is 0 Å². The van der Waals surface area contributed by atoms with Crippen molar-refractivity contribution in [3.05, 3.63) is 137 Å². The molecular formula is C47H44BN3. The molecule has 0 saturated heterocycles. The fourth-order valence-electron chi connectivity index (χ4n) is 9.69. The zero-order chi connectivity index (χ0) is 35.3. The van der Waals surface area contributed by atoms with E-state index in [9.17, 15) is 0 Å². The zero-order valence-electron chi connectivity index (χ0n) is 31.2. The maximum absolute atomic E-state index is 2.73. The first-order valence-electron chi connectivity index (χ1n) is 18.5. The number of fused-ring (bicyclic) bond motifs is 7. The highest BCUT2D eigenvalue weighted by atomic mass is 15.3. The van der Waals surface area contributed by atoms with E-state index < -0.39 is 0 Å². The maximum atomic E-state index is 2.73. The Kier molecular flexibility index (Phi) is 5.98. The average molecular weight is 662 g/mol. The van der Waals surface area contributed by atoms with Gasteiger partial charge in [0.1, 0.15) is 0 Å². The monoisotopic (exact) mass is 661 g/mol. The Balaban J connectivity index is 1.40. The standard InChI is InChI=1S/C47H44BN3/c1-27-10-15-32(16-11-27)49(33-17-12-28(2)13-18-33)34-25-41-43-42(26-34)51-45-37(46(6,7)47(51,8)9)22-31(5)24-39(45)48(43)38-23-30(4)21-36-35-20-29(3)14-19-40(35)50(41)44(36)38/h10-26H,1-9H3. The van der Waals surface area contributed by atoms with Crippen LogP contribution in [0.5, 0.6) is 0 Å².